The van der Waals surface area contributed by atoms with Crippen molar-refractivity contribution >= 4 is 27.8 Å². The summed E-state index contributed by atoms with van der Waals surface area (Å²) in [5.74, 6) is 2.16. The summed E-state index contributed by atoms with van der Waals surface area (Å²) < 4.78 is 24.3. The van der Waals surface area contributed by atoms with Crippen molar-refractivity contribution in [1.29, 1.82) is 0 Å². The number of rotatable bonds is 3. The van der Waals surface area contributed by atoms with Crippen LogP contribution in [0.3, 0.4) is 0 Å². The Bertz CT molecular complexity index is 1340. The third kappa shape index (κ3) is 3.77. The number of pyridine rings is 1. The fraction of sp³-hybridized carbons (Fsp3) is 0.231. The van der Waals surface area contributed by atoms with Gasteiger partial charge in [0.15, 0.2) is 12.6 Å². The van der Waals surface area contributed by atoms with Crippen molar-refractivity contribution in [2.45, 2.75) is 26.6 Å². The van der Waals surface area contributed by atoms with Gasteiger partial charge >= 0.3 is 0 Å². The molecule has 0 saturated carbocycles. The molecule has 2 aromatic carbocycles. The second-order valence-electron chi connectivity index (χ2n) is 8.49. The van der Waals surface area contributed by atoms with E-state index in [9.17, 15) is 4.79 Å². The first-order valence-corrected chi connectivity index (χ1v) is 11.7. The van der Waals surface area contributed by atoms with E-state index in [4.69, 9.17) is 18.9 Å². The van der Waals surface area contributed by atoms with E-state index in [0.29, 0.717) is 43.5 Å². The van der Waals surface area contributed by atoms with Gasteiger partial charge in [-0.05, 0) is 48.9 Å². The molecule has 3 aliphatic rings. The molecule has 0 unspecified atom stereocenters. The highest BCUT2D eigenvalue weighted by Gasteiger charge is 2.36. The fourth-order valence-corrected chi connectivity index (χ4v) is 5.08. The van der Waals surface area contributed by atoms with Crippen LogP contribution in [0.4, 0.5) is 0 Å². The van der Waals surface area contributed by atoms with Gasteiger partial charge in [0.25, 0.3) is 0 Å². The molecule has 3 aromatic rings. The number of carbonyl (C=O) groups is 1. The van der Waals surface area contributed by atoms with Crippen molar-refractivity contribution in [3.63, 3.8) is 0 Å². The number of carbonyl (C=O) groups excluding carboxylic acids is 1. The third-order valence-corrected chi connectivity index (χ3v) is 6.55. The van der Waals surface area contributed by atoms with Crippen molar-refractivity contribution in [2.24, 2.45) is 0 Å². The van der Waals surface area contributed by atoms with Gasteiger partial charge in [-0.15, -0.1) is 0 Å². The number of aryl methyl sites for hydroxylation is 1. The molecule has 0 aliphatic carbocycles. The Morgan fingerprint density at radius 2 is 2.09 bits per heavy atom. The second-order valence-corrected chi connectivity index (χ2v) is 9.41. The molecule has 0 amide bonds. The van der Waals surface area contributed by atoms with E-state index in [2.05, 4.69) is 25.8 Å². The van der Waals surface area contributed by atoms with Crippen LogP contribution in [0.25, 0.3) is 6.08 Å². The zero-order chi connectivity index (χ0) is 23.2. The number of ketones is 1. The van der Waals surface area contributed by atoms with Gasteiger partial charge in [-0.2, -0.15) is 0 Å². The third-order valence-electron chi connectivity index (χ3n) is 6.09. The van der Waals surface area contributed by atoms with Crippen LogP contribution in [-0.4, -0.2) is 29.2 Å². The molecule has 34 heavy (non-hydrogen) atoms. The van der Waals surface area contributed by atoms with Gasteiger partial charge in [0.2, 0.25) is 5.78 Å². The van der Waals surface area contributed by atoms with Crippen LogP contribution in [-0.2, 0) is 24.4 Å². The molecular formula is C26H21BrN2O5. The molecule has 0 bridgehead atoms. The van der Waals surface area contributed by atoms with E-state index in [1.165, 1.54) is 0 Å². The van der Waals surface area contributed by atoms with Crippen molar-refractivity contribution in [2.75, 3.05) is 13.5 Å². The van der Waals surface area contributed by atoms with Gasteiger partial charge in [-0.3, -0.25) is 14.7 Å². The average Bonchev–Trinajstić information content (AvgIpc) is 3.17. The summed E-state index contributed by atoms with van der Waals surface area (Å²) in [6.07, 6.45) is 3.53. The number of hydrogen-bond acceptors (Lipinski definition) is 7. The molecule has 0 N–H and O–H groups in total. The van der Waals surface area contributed by atoms with E-state index < -0.39 is 0 Å². The highest BCUT2D eigenvalue weighted by Crippen LogP contribution is 2.45. The number of aromatic nitrogens is 1. The number of Topliss-reactive ketones (excluding diaryl/α,β-unsaturated/α-hetero) is 1. The molecule has 0 saturated heterocycles. The van der Waals surface area contributed by atoms with Crippen molar-refractivity contribution in [3.8, 4) is 17.2 Å². The van der Waals surface area contributed by atoms with E-state index in [1.54, 1.807) is 12.3 Å². The Balaban J connectivity index is 1.35. The van der Waals surface area contributed by atoms with Gasteiger partial charge in [0, 0.05) is 34.9 Å². The van der Waals surface area contributed by atoms with Crippen molar-refractivity contribution in [1.82, 2.24) is 9.88 Å². The number of ether oxygens (including phenoxy) is 4. The summed E-state index contributed by atoms with van der Waals surface area (Å²) in [7, 11) is 0. The Kier molecular flexibility index (Phi) is 5.36. The molecule has 0 atom stereocenters. The van der Waals surface area contributed by atoms with E-state index in [1.807, 2.05) is 43.3 Å². The zero-order valence-corrected chi connectivity index (χ0v) is 20.1. The molecule has 1 aromatic heterocycles. The van der Waals surface area contributed by atoms with Crippen molar-refractivity contribution < 1.29 is 23.7 Å². The normalized spacial score (nSPS) is 17.9. The quantitative estimate of drug-likeness (QED) is 0.450. The standard InChI is InChI=1S/C26H21BrN2O5/c1-15-6-21-20(11-29(13-32-21)10-19-4-2-3-5-28-19)26-23(15)24(30)22(34-26)9-16-7-18(27)8-17-12-31-14-33-25(16)17/h2-9H,10-14H2,1H3/b22-9-. The van der Waals surface area contributed by atoms with Crippen LogP contribution in [0.1, 0.15) is 38.3 Å². The maximum absolute atomic E-state index is 13.4. The second kappa shape index (κ2) is 8.54. The average molecular weight is 521 g/mol. The Labute approximate surface area is 205 Å². The number of halogens is 1. The predicted molar refractivity (Wildman–Crippen MR) is 128 cm³/mol. The first-order chi connectivity index (χ1) is 16.6. The lowest BCUT2D eigenvalue weighted by Gasteiger charge is -2.29. The monoisotopic (exact) mass is 520 g/mol. The number of fused-ring (bicyclic) bond motifs is 4. The molecule has 8 heteroatoms. The van der Waals surface area contributed by atoms with Gasteiger partial charge in [-0.1, -0.05) is 22.0 Å². The lowest BCUT2D eigenvalue weighted by molar-refractivity contribution is -0.0165. The summed E-state index contributed by atoms with van der Waals surface area (Å²) in [6.45, 7) is 4.23. The Morgan fingerprint density at radius 1 is 1.18 bits per heavy atom. The van der Waals surface area contributed by atoms with Crippen molar-refractivity contribution in [3.05, 3.63) is 86.3 Å². The van der Waals surface area contributed by atoms with Crippen LogP contribution in [0.15, 0.2) is 52.8 Å². The zero-order valence-electron chi connectivity index (χ0n) is 18.5. The molecule has 0 radical (unpaired) electrons. The molecule has 0 fully saturated rings. The number of allylic oxidation sites excluding steroid dienone is 1. The Hall–Kier alpha value is -3.20. The van der Waals surface area contributed by atoms with Crippen LogP contribution >= 0.6 is 15.9 Å². The minimum atomic E-state index is -0.141. The summed E-state index contributed by atoms with van der Waals surface area (Å²) in [4.78, 5) is 19.9. The number of benzene rings is 2. The van der Waals surface area contributed by atoms with Gasteiger partial charge in [0.05, 0.1) is 23.4 Å². The highest BCUT2D eigenvalue weighted by molar-refractivity contribution is 9.10. The summed E-state index contributed by atoms with van der Waals surface area (Å²) in [6, 6.07) is 11.7. The molecular weight excluding hydrogens is 500 g/mol. The largest absolute Gasteiger partial charge is 0.478 e. The molecule has 3 aliphatic heterocycles. The molecule has 4 heterocycles. The lowest BCUT2D eigenvalue weighted by Crippen LogP contribution is -2.32. The predicted octanol–water partition coefficient (Wildman–Crippen LogP) is 4.99. The van der Waals surface area contributed by atoms with E-state index >= 15 is 0 Å². The summed E-state index contributed by atoms with van der Waals surface area (Å²) >= 11 is 3.54. The van der Waals surface area contributed by atoms with Gasteiger partial charge in [-0.25, -0.2) is 0 Å². The van der Waals surface area contributed by atoms with Crippen LogP contribution in [0, 0.1) is 6.92 Å². The molecule has 6 rings (SSSR count). The molecule has 7 nitrogen and oxygen atoms in total. The number of hydrogen-bond donors (Lipinski definition) is 0. The van der Waals surface area contributed by atoms with Crippen LogP contribution in [0.2, 0.25) is 0 Å². The van der Waals surface area contributed by atoms with E-state index in [0.717, 1.165) is 38.2 Å². The van der Waals surface area contributed by atoms with Crippen LogP contribution in [0.5, 0.6) is 17.2 Å². The summed E-state index contributed by atoms with van der Waals surface area (Å²) in [5, 5.41) is 0. The van der Waals surface area contributed by atoms with Crippen LogP contribution < -0.4 is 14.2 Å². The van der Waals surface area contributed by atoms with Gasteiger partial charge < -0.3 is 18.9 Å². The maximum Gasteiger partial charge on any atom is 0.232 e. The summed E-state index contributed by atoms with van der Waals surface area (Å²) in [5.41, 5.74) is 4.94. The first-order valence-electron chi connectivity index (χ1n) is 11.0. The minimum absolute atomic E-state index is 0.141. The lowest BCUT2D eigenvalue weighted by atomic mass is 9.98. The Morgan fingerprint density at radius 3 is 2.94 bits per heavy atom. The molecule has 172 valence electrons. The topological polar surface area (TPSA) is 70.1 Å². The smallest absolute Gasteiger partial charge is 0.232 e. The minimum Gasteiger partial charge on any atom is -0.478 e. The fourth-order valence-electron chi connectivity index (χ4n) is 4.56. The maximum atomic E-state index is 13.4. The first kappa shape index (κ1) is 21.3. The highest BCUT2D eigenvalue weighted by atomic mass is 79.9. The molecule has 0 spiro atoms. The van der Waals surface area contributed by atoms with E-state index in [-0.39, 0.29) is 18.3 Å². The number of nitrogens with zero attached hydrogens (tertiary/aromatic N) is 2. The SMILES string of the molecule is Cc1cc2c(c3c1C(=O)/C(=C/c1cc(Br)cc4c1OCOC4)O3)CN(Cc1ccccn1)CO2. The van der Waals surface area contributed by atoms with Gasteiger partial charge in [0.1, 0.15) is 24.0 Å².